The number of thiazole rings is 1. The highest BCUT2D eigenvalue weighted by molar-refractivity contribution is 7.98. The van der Waals surface area contributed by atoms with Crippen molar-refractivity contribution in [2.24, 2.45) is 0 Å². The first-order chi connectivity index (χ1) is 8.69. The fraction of sp³-hybridized carbons (Fsp3) is 0.167. The molecule has 6 heteroatoms. The molecule has 94 valence electrons. The molecule has 4 nitrogen and oxygen atoms in total. The molecular weight excluding hydrogens is 266 g/mol. The van der Waals surface area contributed by atoms with Gasteiger partial charge in [0.2, 0.25) is 0 Å². The van der Waals surface area contributed by atoms with Crippen molar-refractivity contribution in [3.05, 3.63) is 40.9 Å². The Bertz CT molecular complexity index is 537. The predicted octanol–water partition coefficient (Wildman–Crippen LogP) is 2.38. The SMILES string of the molecule is CSc1ccc(CNC(=O)c2csc(N)n2)cc1. The molecule has 1 aromatic carbocycles. The maximum atomic E-state index is 11.7. The van der Waals surface area contributed by atoms with Crippen LogP contribution in [0.1, 0.15) is 16.1 Å². The Morgan fingerprint density at radius 1 is 1.44 bits per heavy atom. The van der Waals surface area contributed by atoms with Crippen LogP contribution in [0.3, 0.4) is 0 Å². The second-order valence-corrected chi connectivity index (χ2v) is 5.37. The van der Waals surface area contributed by atoms with Gasteiger partial charge < -0.3 is 11.1 Å². The Hall–Kier alpha value is -1.53. The number of carbonyl (C=O) groups excluding carboxylic acids is 1. The lowest BCUT2D eigenvalue weighted by molar-refractivity contribution is 0.0946. The summed E-state index contributed by atoms with van der Waals surface area (Å²) < 4.78 is 0. The van der Waals surface area contributed by atoms with Crippen LogP contribution in [-0.4, -0.2) is 17.1 Å². The van der Waals surface area contributed by atoms with Gasteiger partial charge in [-0.3, -0.25) is 4.79 Å². The van der Waals surface area contributed by atoms with E-state index in [1.807, 2.05) is 30.5 Å². The molecule has 0 unspecified atom stereocenters. The average molecular weight is 279 g/mol. The number of nitrogens with zero attached hydrogens (tertiary/aromatic N) is 1. The number of nitrogen functional groups attached to an aromatic ring is 1. The molecule has 0 saturated carbocycles. The molecule has 2 aromatic rings. The molecule has 2 rings (SSSR count). The van der Waals surface area contributed by atoms with Crippen LogP contribution in [-0.2, 0) is 6.54 Å². The zero-order valence-electron chi connectivity index (χ0n) is 9.84. The first-order valence-corrected chi connectivity index (χ1v) is 7.41. The molecule has 0 aliphatic rings. The summed E-state index contributed by atoms with van der Waals surface area (Å²) in [6.45, 7) is 0.491. The summed E-state index contributed by atoms with van der Waals surface area (Å²) in [5, 5.41) is 4.87. The van der Waals surface area contributed by atoms with E-state index in [4.69, 9.17) is 5.73 Å². The van der Waals surface area contributed by atoms with Gasteiger partial charge in [-0.05, 0) is 24.0 Å². The number of amides is 1. The summed E-state index contributed by atoms with van der Waals surface area (Å²) in [4.78, 5) is 16.9. The summed E-state index contributed by atoms with van der Waals surface area (Å²) in [7, 11) is 0. The van der Waals surface area contributed by atoms with Gasteiger partial charge in [0.25, 0.3) is 5.91 Å². The molecule has 1 amide bonds. The number of carbonyl (C=O) groups is 1. The van der Waals surface area contributed by atoms with E-state index in [9.17, 15) is 4.79 Å². The van der Waals surface area contributed by atoms with Gasteiger partial charge in [-0.25, -0.2) is 4.98 Å². The van der Waals surface area contributed by atoms with Gasteiger partial charge in [-0.15, -0.1) is 23.1 Å². The average Bonchev–Trinajstić information content (AvgIpc) is 2.83. The molecule has 18 heavy (non-hydrogen) atoms. The number of nitrogens with two attached hydrogens (primary N) is 1. The van der Waals surface area contributed by atoms with E-state index in [2.05, 4.69) is 10.3 Å². The number of rotatable bonds is 4. The highest BCUT2D eigenvalue weighted by atomic mass is 32.2. The van der Waals surface area contributed by atoms with E-state index in [1.54, 1.807) is 17.1 Å². The summed E-state index contributed by atoms with van der Waals surface area (Å²) in [6.07, 6.45) is 2.03. The maximum absolute atomic E-state index is 11.7. The fourth-order valence-electron chi connectivity index (χ4n) is 1.41. The van der Waals surface area contributed by atoms with Gasteiger partial charge in [-0.2, -0.15) is 0 Å². The number of nitrogens with one attached hydrogen (secondary N) is 1. The van der Waals surface area contributed by atoms with Crippen LogP contribution >= 0.6 is 23.1 Å². The number of thioether (sulfide) groups is 1. The third kappa shape index (κ3) is 3.24. The Balaban J connectivity index is 1.92. The second-order valence-electron chi connectivity index (χ2n) is 3.60. The van der Waals surface area contributed by atoms with Gasteiger partial charge in [0.1, 0.15) is 5.69 Å². The lowest BCUT2D eigenvalue weighted by atomic mass is 10.2. The first-order valence-electron chi connectivity index (χ1n) is 5.31. The molecule has 0 saturated heterocycles. The summed E-state index contributed by atoms with van der Waals surface area (Å²) in [5.74, 6) is -0.197. The predicted molar refractivity (Wildman–Crippen MR) is 75.9 cm³/mol. The number of hydrogen-bond donors (Lipinski definition) is 2. The van der Waals surface area contributed by atoms with E-state index in [0.717, 1.165) is 5.56 Å². The number of aromatic nitrogens is 1. The zero-order valence-corrected chi connectivity index (χ0v) is 11.5. The van der Waals surface area contributed by atoms with Crippen molar-refractivity contribution >= 4 is 34.1 Å². The molecule has 0 aliphatic heterocycles. The van der Waals surface area contributed by atoms with Crippen LogP contribution in [0.2, 0.25) is 0 Å². The van der Waals surface area contributed by atoms with Crippen molar-refractivity contribution in [3.63, 3.8) is 0 Å². The molecule has 0 aliphatic carbocycles. The fourth-order valence-corrected chi connectivity index (χ4v) is 2.36. The third-order valence-corrected chi connectivity index (χ3v) is 3.78. The second kappa shape index (κ2) is 5.88. The van der Waals surface area contributed by atoms with Crippen LogP contribution in [0, 0.1) is 0 Å². The molecule has 0 atom stereocenters. The van der Waals surface area contributed by atoms with Gasteiger partial charge in [-0.1, -0.05) is 12.1 Å². The lowest BCUT2D eigenvalue weighted by Crippen LogP contribution is -2.23. The minimum Gasteiger partial charge on any atom is -0.375 e. The largest absolute Gasteiger partial charge is 0.375 e. The molecule has 0 bridgehead atoms. The van der Waals surface area contributed by atoms with E-state index in [0.29, 0.717) is 17.4 Å². The van der Waals surface area contributed by atoms with E-state index < -0.39 is 0 Å². The van der Waals surface area contributed by atoms with Crippen LogP contribution in [0.15, 0.2) is 34.5 Å². The quantitative estimate of drug-likeness (QED) is 0.843. The molecule has 1 aromatic heterocycles. The van der Waals surface area contributed by atoms with Gasteiger partial charge >= 0.3 is 0 Å². The van der Waals surface area contributed by atoms with Crippen molar-refractivity contribution in [3.8, 4) is 0 Å². The molecular formula is C12H13N3OS2. The number of hydrogen-bond acceptors (Lipinski definition) is 5. The van der Waals surface area contributed by atoms with E-state index >= 15 is 0 Å². The smallest absolute Gasteiger partial charge is 0.271 e. The molecule has 0 spiro atoms. The topological polar surface area (TPSA) is 68.0 Å². The number of benzene rings is 1. The normalized spacial score (nSPS) is 10.3. The van der Waals surface area contributed by atoms with Crippen molar-refractivity contribution in [2.75, 3.05) is 12.0 Å². The molecule has 3 N–H and O–H groups in total. The lowest BCUT2D eigenvalue weighted by Gasteiger charge is -2.04. The highest BCUT2D eigenvalue weighted by Gasteiger charge is 2.08. The Kier molecular flexibility index (Phi) is 4.22. The molecule has 0 radical (unpaired) electrons. The minimum absolute atomic E-state index is 0.197. The van der Waals surface area contributed by atoms with E-state index in [-0.39, 0.29) is 5.91 Å². The van der Waals surface area contributed by atoms with Gasteiger partial charge in [0.15, 0.2) is 5.13 Å². The number of anilines is 1. The van der Waals surface area contributed by atoms with Gasteiger partial charge in [0, 0.05) is 16.8 Å². The standard InChI is InChI=1S/C12H13N3OS2/c1-17-9-4-2-8(3-5-9)6-14-11(16)10-7-18-12(13)15-10/h2-5,7H,6H2,1H3,(H2,13,15)(H,14,16). The van der Waals surface area contributed by atoms with Crippen molar-refractivity contribution < 1.29 is 4.79 Å². The Morgan fingerprint density at radius 2 is 2.17 bits per heavy atom. The minimum atomic E-state index is -0.197. The Labute approximate surface area is 114 Å². The van der Waals surface area contributed by atoms with Crippen molar-refractivity contribution in [1.29, 1.82) is 0 Å². The zero-order chi connectivity index (χ0) is 13.0. The van der Waals surface area contributed by atoms with Crippen LogP contribution < -0.4 is 11.1 Å². The van der Waals surface area contributed by atoms with Gasteiger partial charge in [0.05, 0.1) is 0 Å². The van der Waals surface area contributed by atoms with Crippen molar-refractivity contribution in [2.45, 2.75) is 11.4 Å². The molecule has 1 heterocycles. The summed E-state index contributed by atoms with van der Waals surface area (Å²) in [5.41, 5.74) is 6.91. The highest BCUT2D eigenvalue weighted by Crippen LogP contribution is 2.15. The molecule has 0 fully saturated rings. The van der Waals surface area contributed by atoms with Crippen LogP contribution in [0.25, 0.3) is 0 Å². The van der Waals surface area contributed by atoms with Crippen LogP contribution in [0.5, 0.6) is 0 Å². The monoisotopic (exact) mass is 279 g/mol. The first kappa shape index (κ1) is 12.9. The third-order valence-electron chi connectivity index (χ3n) is 2.37. The maximum Gasteiger partial charge on any atom is 0.271 e. The Morgan fingerprint density at radius 3 is 2.72 bits per heavy atom. The summed E-state index contributed by atoms with van der Waals surface area (Å²) >= 11 is 2.95. The van der Waals surface area contributed by atoms with Crippen LogP contribution in [0.4, 0.5) is 5.13 Å². The van der Waals surface area contributed by atoms with Crippen molar-refractivity contribution in [1.82, 2.24) is 10.3 Å². The summed E-state index contributed by atoms with van der Waals surface area (Å²) in [6, 6.07) is 8.07. The van der Waals surface area contributed by atoms with E-state index in [1.165, 1.54) is 16.2 Å².